The van der Waals surface area contributed by atoms with E-state index in [0.717, 1.165) is 0 Å². The monoisotopic (exact) mass is 252 g/mol. The van der Waals surface area contributed by atoms with E-state index in [1.165, 1.54) is 6.07 Å². The lowest BCUT2D eigenvalue weighted by Crippen LogP contribution is -2.26. The zero-order valence-electron chi connectivity index (χ0n) is 10.2. The van der Waals surface area contributed by atoms with Crippen LogP contribution in [0.1, 0.15) is 26.3 Å². The fourth-order valence-corrected chi connectivity index (χ4v) is 3.14. The molecule has 17 heavy (non-hydrogen) atoms. The van der Waals surface area contributed by atoms with E-state index in [0.29, 0.717) is 11.3 Å². The Balaban J connectivity index is 2.88. The van der Waals surface area contributed by atoms with Gasteiger partial charge in [-0.05, 0) is 23.6 Å². The van der Waals surface area contributed by atoms with E-state index in [4.69, 9.17) is 5.26 Å². The first kappa shape index (κ1) is 13.5. The molecule has 0 saturated heterocycles. The Bertz CT molecular complexity index is 536. The highest BCUT2D eigenvalue weighted by Gasteiger charge is 2.21. The van der Waals surface area contributed by atoms with Crippen molar-refractivity contribution in [2.45, 2.75) is 20.8 Å². The summed E-state index contributed by atoms with van der Waals surface area (Å²) in [5.74, 6) is 0.0385. The van der Waals surface area contributed by atoms with Gasteiger partial charge in [-0.15, -0.1) is 0 Å². The van der Waals surface area contributed by atoms with Crippen LogP contribution in [0, 0.1) is 16.7 Å². The maximum absolute atomic E-state index is 11.8. The number of sulfonamides is 1. The van der Waals surface area contributed by atoms with Gasteiger partial charge < -0.3 is 0 Å². The van der Waals surface area contributed by atoms with Crippen LogP contribution < -0.4 is 4.72 Å². The molecule has 1 aromatic carbocycles. The first-order valence-electron chi connectivity index (χ1n) is 5.22. The number of rotatable bonds is 3. The van der Waals surface area contributed by atoms with Crippen molar-refractivity contribution in [3.8, 4) is 6.07 Å². The molecule has 0 aliphatic rings. The van der Waals surface area contributed by atoms with Crippen LogP contribution in [0.2, 0.25) is 0 Å². The molecule has 0 atom stereocenters. The minimum atomic E-state index is -3.38. The molecule has 4 nitrogen and oxygen atoms in total. The van der Waals surface area contributed by atoms with Crippen LogP contribution in [0.25, 0.3) is 0 Å². The van der Waals surface area contributed by atoms with Crippen LogP contribution in [-0.4, -0.2) is 14.2 Å². The summed E-state index contributed by atoms with van der Waals surface area (Å²) >= 11 is 0. The molecule has 0 radical (unpaired) electrons. The van der Waals surface area contributed by atoms with E-state index in [9.17, 15) is 8.42 Å². The molecule has 0 aliphatic heterocycles. The van der Waals surface area contributed by atoms with Gasteiger partial charge in [0.15, 0.2) is 0 Å². The van der Waals surface area contributed by atoms with Crippen LogP contribution >= 0.6 is 0 Å². The normalized spacial score (nSPS) is 11.9. The Morgan fingerprint density at radius 1 is 1.35 bits per heavy atom. The van der Waals surface area contributed by atoms with Gasteiger partial charge in [-0.3, -0.25) is 4.72 Å². The average Bonchev–Trinajstić information content (AvgIpc) is 2.13. The molecular weight excluding hydrogens is 236 g/mol. The minimum Gasteiger partial charge on any atom is -0.283 e. The highest BCUT2D eigenvalue weighted by atomic mass is 32.2. The number of nitriles is 1. The summed E-state index contributed by atoms with van der Waals surface area (Å²) in [4.78, 5) is 0. The highest BCUT2D eigenvalue weighted by molar-refractivity contribution is 7.92. The van der Waals surface area contributed by atoms with Crippen LogP contribution in [0.4, 0.5) is 5.69 Å². The van der Waals surface area contributed by atoms with Crippen LogP contribution in [0.3, 0.4) is 0 Å². The Kier molecular flexibility index (Phi) is 3.79. The number of nitrogens with zero attached hydrogens (tertiary/aromatic N) is 1. The van der Waals surface area contributed by atoms with Gasteiger partial charge in [0, 0.05) is 5.69 Å². The minimum absolute atomic E-state index is 0.0385. The lowest BCUT2D eigenvalue weighted by Gasteiger charge is -2.18. The molecule has 0 unspecified atom stereocenters. The van der Waals surface area contributed by atoms with Crippen molar-refractivity contribution < 1.29 is 8.42 Å². The number of hydrogen-bond acceptors (Lipinski definition) is 3. The topological polar surface area (TPSA) is 70.0 Å². The maximum Gasteiger partial charge on any atom is 0.233 e. The lowest BCUT2D eigenvalue weighted by atomic mass is 10.0. The molecule has 0 aliphatic carbocycles. The van der Waals surface area contributed by atoms with Crippen molar-refractivity contribution >= 4 is 15.7 Å². The van der Waals surface area contributed by atoms with E-state index >= 15 is 0 Å². The summed E-state index contributed by atoms with van der Waals surface area (Å²) in [5, 5.41) is 8.72. The number of hydrogen-bond donors (Lipinski definition) is 1. The molecule has 0 fully saturated rings. The summed E-state index contributed by atoms with van der Waals surface area (Å²) in [7, 11) is -3.38. The maximum atomic E-state index is 11.8. The van der Waals surface area contributed by atoms with Crippen LogP contribution in [-0.2, 0) is 10.0 Å². The van der Waals surface area contributed by atoms with Gasteiger partial charge in [-0.2, -0.15) is 5.26 Å². The third-order valence-corrected chi connectivity index (χ3v) is 3.68. The fourth-order valence-electron chi connectivity index (χ4n) is 1.44. The van der Waals surface area contributed by atoms with Gasteiger partial charge in [0.2, 0.25) is 10.0 Å². The zero-order valence-corrected chi connectivity index (χ0v) is 11.0. The SMILES string of the molecule is CC(C)(C)CS(=O)(=O)Nc1cccc(C#N)c1. The van der Waals surface area contributed by atoms with E-state index in [1.807, 2.05) is 26.8 Å². The van der Waals surface area contributed by atoms with Crippen molar-refractivity contribution in [3.05, 3.63) is 29.8 Å². The smallest absolute Gasteiger partial charge is 0.233 e. The Hall–Kier alpha value is -1.54. The summed E-state index contributed by atoms with van der Waals surface area (Å²) in [6.07, 6.45) is 0. The third-order valence-electron chi connectivity index (χ3n) is 1.89. The molecule has 1 N–H and O–H groups in total. The fraction of sp³-hybridized carbons (Fsp3) is 0.417. The predicted molar refractivity (Wildman–Crippen MR) is 68.0 cm³/mol. The van der Waals surface area contributed by atoms with Crippen molar-refractivity contribution in [2.75, 3.05) is 10.5 Å². The van der Waals surface area contributed by atoms with Crippen molar-refractivity contribution in [1.82, 2.24) is 0 Å². The standard InChI is InChI=1S/C12H16N2O2S/c1-12(2,3)9-17(15,16)14-11-6-4-5-10(7-11)8-13/h4-7,14H,9H2,1-3H3. The zero-order chi connectivity index (χ0) is 13.1. The van der Waals surface area contributed by atoms with E-state index < -0.39 is 10.0 Å². The number of benzene rings is 1. The molecule has 0 spiro atoms. The first-order valence-corrected chi connectivity index (χ1v) is 6.88. The highest BCUT2D eigenvalue weighted by Crippen LogP contribution is 2.19. The molecule has 0 saturated carbocycles. The van der Waals surface area contributed by atoms with Crippen molar-refractivity contribution in [1.29, 1.82) is 5.26 Å². The quantitative estimate of drug-likeness (QED) is 0.897. The van der Waals surface area contributed by atoms with Gasteiger partial charge in [-0.25, -0.2) is 8.42 Å². The van der Waals surface area contributed by atoms with Gasteiger partial charge in [-0.1, -0.05) is 26.8 Å². The molecular formula is C12H16N2O2S. The van der Waals surface area contributed by atoms with Crippen LogP contribution in [0.15, 0.2) is 24.3 Å². The summed E-state index contributed by atoms with van der Waals surface area (Å²) in [6, 6.07) is 8.38. The van der Waals surface area contributed by atoms with Crippen molar-refractivity contribution in [2.24, 2.45) is 5.41 Å². The first-order chi connectivity index (χ1) is 7.72. The second kappa shape index (κ2) is 4.76. The van der Waals surface area contributed by atoms with Crippen LogP contribution in [0.5, 0.6) is 0 Å². The average molecular weight is 252 g/mol. The van der Waals surface area contributed by atoms with Crippen molar-refractivity contribution in [3.63, 3.8) is 0 Å². The van der Waals surface area contributed by atoms with E-state index in [-0.39, 0.29) is 11.2 Å². The summed E-state index contributed by atoms with van der Waals surface area (Å²) < 4.78 is 26.1. The number of nitrogens with one attached hydrogen (secondary N) is 1. The second-order valence-electron chi connectivity index (χ2n) is 5.11. The summed E-state index contributed by atoms with van der Waals surface area (Å²) in [5.41, 5.74) is 0.549. The molecule has 0 bridgehead atoms. The molecule has 5 heteroatoms. The number of anilines is 1. The molecule has 0 aromatic heterocycles. The molecule has 0 heterocycles. The van der Waals surface area contributed by atoms with Gasteiger partial charge in [0.1, 0.15) is 0 Å². The molecule has 1 rings (SSSR count). The molecule has 0 amide bonds. The Morgan fingerprint density at radius 3 is 2.53 bits per heavy atom. The second-order valence-corrected chi connectivity index (χ2v) is 6.84. The van der Waals surface area contributed by atoms with Gasteiger partial charge in [0.25, 0.3) is 0 Å². The van der Waals surface area contributed by atoms with Gasteiger partial charge in [0.05, 0.1) is 17.4 Å². The van der Waals surface area contributed by atoms with Gasteiger partial charge >= 0.3 is 0 Å². The predicted octanol–water partition coefficient (Wildman–Crippen LogP) is 2.35. The molecule has 92 valence electrons. The Morgan fingerprint density at radius 2 is 2.00 bits per heavy atom. The third kappa shape index (κ3) is 4.87. The Labute approximate surface area is 102 Å². The lowest BCUT2D eigenvalue weighted by molar-refractivity contribution is 0.463. The van der Waals surface area contributed by atoms with E-state index in [2.05, 4.69) is 4.72 Å². The largest absolute Gasteiger partial charge is 0.283 e. The summed E-state index contributed by atoms with van der Waals surface area (Å²) in [6.45, 7) is 5.58. The van der Waals surface area contributed by atoms with E-state index in [1.54, 1.807) is 18.2 Å². The molecule has 1 aromatic rings.